The van der Waals surface area contributed by atoms with Gasteiger partial charge in [-0.2, -0.15) is 0 Å². The molecule has 4 nitrogen and oxygen atoms in total. The molecule has 178 valence electrons. The number of nitrogens with one attached hydrogen (secondary N) is 1. The maximum absolute atomic E-state index is 13.8. The highest BCUT2D eigenvalue weighted by Crippen LogP contribution is 2.18. The summed E-state index contributed by atoms with van der Waals surface area (Å²) < 4.78 is 0. The van der Waals surface area contributed by atoms with Gasteiger partial charge in [-0.25, -0.2) is 0 Å². The molecule has 0 aliphatic rings. The van der Waals surface area contributed by atoms with Gasteiger partial charge in [0.2, 0.25) is 11.8 Å². The number of hydrogen-bond donors (Lipinski definition) is 1. The topological polar surface area (TPSA) is 49.4 Å². The molecule has 4 heteroatoms. The Hall–Kier alpha value is -3.40. The van der Waals surface area contributed by atoms with Crippen molar-refractivity contribution in [1.82, 2.24) is 10.2 Å². The van der Waals surface area contributed by atoms with E-state index in [-0.39, 0.29) is 24.3 Å². The molecule has 0 aliphatic carbocycles. The van der Waals surface area contributed by atoms with Crippen molar-refractivity contribution in [3.05, 3.63) is 107 Å². The average molecular weight is 457 g/mol. The lowest BCUT2D eigenvalue weighted by Crippen LogP contribution is -2.52. The van der Waals surface area contributed by atoms with Crippen LogP contribution < -0.4 is 5.32 Å². The first-order chi connectivity index (χ1) is 16.4. The predicted molar refractivity (Wildman–Crippen MR) is 138 cm³/mol. The van der Waals surface area contributed by atoms with Gasteiger partial charge >= 0.3 is 0 Å². The van der Waals surface area contributed by atoms with Crippen LogP contribution in [0.15, 0.2) is 78.9 Å². The van der Waals surface area contributed by atoms with Gasteiger partial charge < -0.3 is 10.2 Å². The lowest BCUT2D eigenvalue weighted by molar-refractivity contribution is -0.141. The number of nitrogens with zero attached hydrogens (tertiary/aromatic N) is 1. The molecule has 0 unspecified atom stereocenters. The van der Waals surface area contributed by atoms with Gasteiger partial charge in [0.1, 0.15) is 6.04 Å². The fraction of sp³-hybridized carbons (Fsp3) is 0.333. The zero-order chi connectivity index (χ0) is 24.5. The standard InChI is InChI=1S/C30H36N2O2/c1-5-24(4)31-30(34)28(19-25-12-7-6-8-13-25)32(21-26-17-15-22(2)16-18-26)29(33)20-27-14-10-9-11-23(27)3/h6-18,24,28H,5,19-21H2,1-4H3,(H,31,34)/t24-,28+/m1/s1. The molecule has 2 amide bonds. The molecule has 0 spiro atoms. The van der Waals surface area contributed by atoms with Crippen molar-refractivity contribution in [2.75, 3.05) is 0 Å². The SMILES string of the molecule is CC[C@@H](C)NC(=O)[C@H](Cc1ccccc1)N(Cc1ccc(C)cc1)C(=O)Cc1ccccc1C. The molecule has 0 heterocycles. The van der Waals surface area contributed by atoms with Crippen molar-refractivity contribution >= 4 is 11.8 Å². The largest absolute Gasteiger partial charge is 0.352 e. The second-order valence-corrected chi connectivity index (χ2v) is 9.13. The maximum Gasteiger partial charge on any atom is 0.243 e. The van der Waals surface area contributed by atoms with Crippen molar-refractivity contribution in [1.29, 1.82) is 0 Å². The summed E-state index contributed by atoms with van der Waals surface area (Å²) in [6.07, 6.45) is 1.56. The van der Waals surface area contributed by atoms with Gasteiger partial charge in [-0.05, 0) is 49.4 Å². The molecular weight excluding hydrogens is 420 g/mol. The van der Waals surface area contributed by atoms with E-state index in [1.807, 2.05) is 107 Å². The minimum Gasteiger partial charge on any atom is -0.352 e. The highest BCUT2D eigenvalue weighted by atomic mass is 16.2. The van der Waals surface area contributed by atoms with Gasteiger partial charge in [0.15, 0.2) is 0 Å². The van der Waals surface area contributed by atoms with Crippen LogP contribution in [0.25, 0.3) is 0 Å². The summed E-state index contributed by atoms with van der Waals surface area (Å²) in [5.41, 5.74) is 5.27. The summed E-state index contributed by atoms with van der Waals surface area (Å²) in [4.78, 5) is 29.1. The van der Waals surface area contributed by atoms with Crippen molar-refractivity contribution in [2.24, 2.45) is 0 Å². The van der Waals surface area contributed by atoms with E-state index in [1.165, 1.54) is 0 Å². The Balaban J connectivity index is 1.97. The van der Waals surface area contributed by atoms with Crippen LogP contribution in [0.4, 0.5) is 0 Å². The summed E-state index contributed by atoms with van der Waals surface area (Å²) >= 11 is 0. The van der Waals surface area contributed by atoms with Crippen LogP contribution in [0.1, 0.15) is 48.1 Å². The number of benzene rings is 3. The highest BCUT2D eigenvalue weighted by molar-refractivity contribution is 5.89. The summed E-state index contributed by atoms with van der Waals surface area (Å²) in [5, 5.41) is 3.12. The van der Waals surface area contributed by atoms with Gasteiger partial charge in [0.25, 0.3) is 0 Å². The lowest BCUT2D eigenvalue weighted by Gasteiger charge is -2.32. The Morgan fingerprint density at radius 1 is 0.853 bits per heavy atom. The monoisotopic (exact) mass is 456 g/mol. The average Bonchev–Trinajstić information content (AvgIpc) is 2.84. The van der Waals surface area contributed by atoms with Crippen molar-refractivity contribution in [2.45, 2.75) is 65.6 Å². The van der Waals surface area contributed by atoms with E-state index in [1.54, 1.807) is 4.90 Å². The Bertz CT molecular complexity index is 1080. The molecule has 0 aromatic heterocycles. The third kappa shape index (κ3) is 7.05. The molecule has 3 aromatic carbocycles. The summed E-state index contributed by atoms with van der Waals surface area (Å²) in [5.74, 6) is -0.154. The lowest BCUT2D eigenvalue weighted by atomic mass is 10.00. The molecule has 3 aromatic rings. The van der Waals surface area contributed by atoms with Crippen LogP contribution in [0.3, 0.4) is 0 Å². The molecule has 0 saturated carbocycles. The predicted octanol–water partition coefficient (Wildman–Crippen LogP) is 5.40. The Morgan fingerprint density at radius 3 is 2.15 bits per heavy atom. The van der Waals surface area contributed by atoms with Gasteiger partial charge in [-0.1, -0.05) is 91.3 Å². The molecule has 0 aliphatic heterocycles. The number of rotatable bonds is 10. The van der Waals surface area contributed by atoms with E-state index in [4.69, 9.17) is 0 Å². The number of hydrogen-bond acceptors (Lipinski definition) is 2. The zero-order valence-electron chi connectivity index (χ0n) is 20.8. The number of carbonyl (C=O) groups excluding carboxylic acids is 2. The minimum atomic E-state index is -0.603. The molecule has 2 atom stereocenters. The first kappa shape index (κ1) is 25.2. The number of amides is 2. The minimum absolute atomic E-state index is 0.0402. The zero-order valence-corrected chi connectivity index (χ0v) is 20.8. The number of aryl methyl sites for hydroxylation is 2. The molecular formula is C30H36N2O2. The second-order valence-electron chi connectivity index (χ2n) is 9.13. The fourth-order valence-electron chi connectivity index (χ4n) is 3.96. The van der Waals surface area contributed by atoms with Crippen LogP contribution in [-0.4, -0.2) is 28.8 Å². The van der Waals surface area contributed by atoms with Crippen molar-refractivity contribution < 1.29 is 9.59 Å². The van der Waals surface area contributed by atoms with Crippen LogP contribution >= 0.6 is 0 Å². The molecule has 0 bridgehead atoms. The number of carbonyl (C=O) groups is 2. The van der Waals surface area contributed by atoms with Crippen molar-refractivity contribution in [3.8, 4) is 0 Å². The normalized spacial score (nSPS) is 12.6. The first-order valence-electron chi connectivity index (χ1n) is 12.1. The summed E-state index contributed by atoms with van der Waals surface area (Å²) in [6.45, 7) is 8.49. The van der Waals surface area contributed by atoms with Crippen LogP contribution in [0.5, 0.6) is 0 Å². The van der Waals surface area contributed by atoms with Crippen LogP contribution in [0, 0.1) is 13.8 Å². The molecule has 1 N–H and O–H groups in total. The summed E-state index contributed by atoms with van der Waals surface area (Å²) in [6, 6.07) is 25.5. The molecule has 3 rings (SSSR count). The quantitative estimate of drug-likeness (QED) is 0.444. The Kier molecular flexibility index (Phi) is 9.03. The van der Waals surface area contributed by atoms with Crippen LogP contribution in [-0.2, 0) is 29.0 Å². The second kappa shape index (κ2) is 12.2. The molecule has 34 heavy (non-hydrogen) atoms. The van der Waals surface area contributed by atoms with E-state index < -0.39 is 6.04 Å². The van der Waals surface area contributed by atoms with Gasteiger partial charge in [0, 0.05) is 19.0 Å². The Morgan fingerprint density at radius 2 is 1.50 bits per heavy atom. The highest BCUT2D eigenvalue weighted by Gasteiger charge is 2.31. The third-order valence-electron chi connectivity index (χ3n) is 6.35. The maximum atomic E-state index is 13.8. The Labute approximate surface area is 204 Å². The van der Waals surface area contributed by atoms with Gasteiger partial charge in [0.05, 0.1) is 6.42 Å². The third-order valence-corrected chi connectivity index (χ3v) is 6.35. The first-order valence-corrected chi connectivity index (χ1v) is 12.1. The van der Waals surface area contributed by atoms with Crippen LogP contribution in [0.2, 0.25) is 0 Å². The van der Waals surface area contributed by atoms with E-state index in [0.29, 0.717) is 13.0 Å². The molecule has 0 fully saturated rings. The summed E-state index contributed by atoms with van der Waals surface area (Å²) in [7, 11) is 0. The van der Waals surface area contributed by atoms with E-state index >= 15 is 0 Å². The van der Waals surface area contributed by atoms with E-state index in [0.717, 1.165) is 34.2 Å². The van der Waals surface area contributed by atoms with Crippen molar-refractivity contribution in [3.63, 3.8) is 0 Å². The smallest absolute Gasteiger partial charge is 0.243 e. The van der Waals surface area contributed by atoms with E-state index in [2.05, 4.69) is 5.32 Å². The molecule has 0 saturated heterocycles. The molecule has 0 radical (unpaired) electrons. The van der Waals surface area contributed by atoms with Gasteiger partial charge in [-0.15, -0.1) is 0 Å². The fourth-order valence-corrected chi connectivity index (χ4v) is 3.96. The van der Waals surface area contributed by atoms with Gasteiger partial charge in [-0.3, -0.25) is 9.59 Å². The van der Waals surface area contributed by atoms with E-state index in [9.17, 15) is 9.59 Å².